The summed E-state index contributed by atoms with van der Waals surface area (Å²) in [5.41, 5.74) is 2.78. The third kappa shape index (κ3) is 4.23. The molecule has 2 bridgehead atoms. The van der Waals surface area contributed by atoms with Crippen LogP contribution in [0.15, 0.2) is 72.8 Å². The van der Waals surface area contributed by atoms with Gasteiger partial charge in [-0.25, -0.2) is 4.39 Å². The van der Waals surface area contributed by atoms with Crippen molar-refractivity contribution in [2.75, 3.05) is 18.0 Å². The van der Waals surface area contributed by atoms with Crippen LogP contribution in [-0.4, -0.2) is 64.6 Å². The first kappa shape index (κ1) is 25.6. The second-order valence-electron chi connectivity index (χ2n) is 11.3. The van der Waals surface area contributed by atoms with Gasteiger partial charge in [0.1, 0.15) is 11.9 Å². The molecule has 7 rings (SSSR count). The van der Waals surface area contributed by atoms with Gasteiger partial charge in [-0.15, -0.1) is 0 Å². The number of hydrogen-bond donors (Lipinski definition) is 1. The number of imide groups is 2. The molecule has 3 atom stereocenters. The standard InChI is InChI=1S/C32H29FN4O4/c33-25-15-23-24(32(41)37(31(23)40)26-13-14-28(38)34-30(26)39)16-27(25)36-21-11-12-22(36)18-35(17-21)29(19-7-3-1-4-8-19)20-9-5-2-6-10-20/h1-10,15-16,21-22,26,29H,11-14,17-18H2,(H,34,38,39). The van der Waals surface area contributed by atoms with Gasteiger partial charge in [-0.1, -0.05) is 60.7 Å². The first-order valence-corrected chi connectivity index (χ1v) is 14.1. The van der Waals surface area contributed by atoms with Gasteiger partial charge in [0, 0.05) is 31.6 Å². The van der Waals surface area contributed by atoms with Crippen molar-refractivity contribution < 1.29 is 23.6 Å². The summed E-state index contributed by atoms with van der Waals surface area (Å²) in [7, 11) is 0. The maximum absolute atomic E-state index is 15.7. The molecule has 3 fully saturated rings. The zero-order chi connectivity index (χ0) is 28.2. The van der Waals surface area contributed by atoms with Gasteiger partial charge in [0.2, 0.25) is 11.8 Å². The number of halogens is 1. The summed E-state index contributed by atoms with van der Waals surface area (Å²) in [6.07, 6.45) is 1.87. The molecule has 41 heavy (non-hydrogen) atoms. The lowest BCUT2D eigenvalue weighted by Crippen LogP contribution is -2.55. The minimum atomic E-state index is -1.08. The van der Waals surface area contributed by atoms with Gasteiger partial charge < -0.3 is 4.90 Å². The van der Waals surface area contributed by atoms with Gasteiger partial charge in [0.25, 0.3) is 11.8 Å². The molecule has 0 saturated carbocycles. The number of nitrogens with one attached hydrogen (secondary N) is 1. The molecule has 4 aliphatic rings. The average Bonchev–Trinajstić information content (AvgIpc) is 3.37. The number of piperazine rings is 1. The number of rotatable bonds is 5. The molecule has 9 heteroatoms. The van der Waals surface area contributed by atoms with Crippen molar-refractivity contribution in [3.05, 3.63) is 101 Å². The molecule has 0 radical (unpaired) electrons. The largest absolute Gasteiger partial charge is 0.361 e. The topological polar surface area (TPSA) is 90.0 Å². The summed E-state index contributed by atoms with van der Waals surface area (Å²) in [5, 5.41) is 2.19. The Morgan fingerprint density at radius 3 is 1.88 bits per heavy atom. The summed E-state index contributed by atoms with van der Waals surface area (Å²) in [6.45, 7) is 1.44. The van der Waals surface area contributed by atoms with Crippen molar-refractivity contribution >= 4 is 29.3 Å². The molecule has 4 amide bonds. The van der Waals surface area contributed by atoms with E-state index in [2.05, 4.69) is 39.4 Å². The normalized spacial score (nSPS) is 24.3. The first-order valence-electron chi connectivity index (χ1n) is 14.1. The molecule has 0 spiro atoms. The Balaban J connectivity index is 1.18. The molecule has 0 aromatic heterocycles. The minimum absolute atomic E-state index is 0.0318. The lowest BCUT2D eigenvalue weighted by Gasteiger charge is -2.45. The third-order valence-corrected chi connectivity index (χ3v) is 8.89. The van der Waals surface area contributed by atoms with Crippen molar-refractivity contribution in [3.63, 3.8) is 0 Å². The Kier molecular flexibility index (Phi) is 6.19. The predicted molar refractivity (Wildman–Crippen MR) is 149 cm³/mol. The highest BCUT2D eigenvalue weighted by Crippen LogP contribution is 2.42. The maximum Gasteiger partial charge on any atom is 0.262 e. The summed E-state index contributed by atoms with van der Waals surface area (Å²) < 4.78 is 15.7. The minimum Gasteiger partial charge on any atom is -0.361 e. The molecule has 208 valence electrons. The molecular weight excluding hydrogens is 523 g/mol. The highest BCUT2D eigenvalue weighted by atomic mass is 19.1. The number of carbonyl (C=O) groups excluding carboxylic acids is 4. The SMILES string of the molecule is O=C1CCC(N2C(=O)c3cc(F)c(N4C5CCC4CN(C(c4ccccc4)c4ccccc4)C5)cc3C2=O)C(=O)N1. The smallest absolute Gasteiger partial charge is 0.262 e. The Morgan fingerprint density at radius 2 is 1.32 bits per heavy atom. The molecule has 3 unspecified atom stereocenters. The molecule has 4 heterocycles. The second kappa shape index (κ2) is 9.92. The van der Waals surface area contributed by atoms with Crippen LogP contribution in [0.3, 0.4) is 0 Å². The van der Waals surface area contributed by atoms with Gasteiger partial charge in [-0.05, 0) is 42.5 Å². The molecule has 0 aliphatic carbocycles. The molecule has 1 N–H and O–H groups in total. The van der Waals surface area contributed by atoms with Crippen LogP contribution in [0.5, 0.6) is 0 Å². The van der Waals surface area contributed by atoms with Crippen LogP contribution in [0, 0.1) is 5.82 Å². The molecular formula is C32H29FN4O4. The van der Waals surface area contributed by atoms with Crippen molar-refractivity contribution in [3.8, 4) is 0 Å². The molecule has 3 aromatic carbocycles. The highest BCUT2D eigenvalue weighted by Gasteiger charge is 2.47. The van der Waals surface area contributed by atoms with Gasteiger partial charge >= 0.3 is 0 Å². The lowest BCUT2D eigenvalue weighted by atomic mass is 9.95. The summed E-state index contributed by atoms with van der Waals surface area (Å²) in [5.74, 6) is -3.00. The Labute approximate surface area is 236 Å². The van der Waals surface area contributed by atoms with Crippen LogP contribution in [-0.2, 0) is 9.59 Å². The fourth-order valence-electron chi connectivity index (χ4n) is 7.10. The average molecular weight is 553 g/mol. The van der Waals surface area contributed by atoms with E-state index < -0.39 is 35.5 Å². The fourth-order valence-corrected chi connectivity index (χ4v) is 7.10. The van der Waals surface area contributed by atoms with E-state index in [1.165, 1.54) is 17.2 Å². The summed E-state index contributed by atoms with van der Waals surface area (Å²) in [6, 6.07) is 22.5. The van der Waals surface area contributed by atoms with Crippen LogP contribution in [0.2, 0.25) is 0 Å². The number of benzene rings is 3. The summed E-state index contributed by atoms with van der Waals surface area (Å²) in [4.78, 5) is 56.0. The van der Waals surface area contributed by atoms with Crippen LogP contribution in [0.1, 0.15) is 63.6 Å². The van der Waals surface area contributed by atoms with E-state index in [0.717, 1.165) is 36.9 Å². The van der Waals surface area contributed by atoms with Crippen LogP contribution in [0.25, 0.3) is 0 Å². The van der Waals surface area contributed by atoms with E-state index >= 15 is 4.39 Å². The van der Waals surface area contributed by atoms with Crippen molar-refractivity contribution in [2.45, 2.75) is 49.9 Å². The van der Waals surface area contributed by atoms with E-state index in [-0.39, 0.29) is 42.1 Å². The predicted octanol–water partition coefficient (Wildman–Crippen LogP) is 3.67. The number of nitrogens with zero attached hydrogens (tertiary/aromatic N) is 3. The number of likely N-dealkylation sites (tertiary alicyclic amines) is 1. The number of hydrogen-bond acceptors (Lipinski definition) is 6. The first-order chi connectivity index (χ1) is 19.9. The van der Waals surface area contributed by atoms with E-state index in [1.807, 2.05) is 36.4 Å². The molecule has 8 nitrogen and oxygen atoms in total. The van der Waals surface area contributed by atoms with Gasteiger partial charge in [0.15, 0.2) is 0 Å². The Morgan fingerprint density at radius 1 is 0.756 bits per heavy atom. The number of amides is 4. The van der Waals surface area contributed by atoms with Crippen molar-refractivity contribution in [1.82, 2.24) is 15.1 Å². The monoisotopic (exact) mass is 552 g/mol. The Bertz CT molecular complexity index is 1510. The number of anilines is 1. The van der Waals surface area contributed by atoms with Crippen LogP contribution in [0.4, 0.5) is 10.1 Å². The zero-order valence-corrected chi connectivity index (χ0v) is 22.3. The van der Waals surface area contributed by atoms with Gasteiger partial charge in [0.05, 0.1) is 22.9 Å². The second-order valence-corrected chi connectivity index (χ2v) is 11.3. The summed E-state index contributed by atoms with van der Waals surface area (Å²) >= 11 is 0. The Hall–Kier alpha value is -4.37. The number of piperidine rings is 1. The van der Waals surface area contributed by atoms with Crippen LogP contribution >= 0.6 is 0 Å². The van der Waals surface area contributed by atoms with Crippen molar-refractivity contribution in [2.24, 2.45) is 0 Å². The van der Waals surface area contributed by atoms with Gasteiger partial charge in [-0.3, -0.25) is 34.3 Å². The van der Waals surface area contributed by atoms with E-state index in [0.29, 0.717) is 5.69 Å². The molecule has 3 saturated heterocycles. The maximum atomic E-state index is 15.7. The van der Waals surface area contributed by atoms with Crippen molar-refractivity contribution in [1.29, 1.82) is 0 Å². The quantitative estimate of drug-likeness (QED) is 0.486. The van der Waals surface area contributed by atoms with Crippen LogP contribution < -0.4 is 10.2 Å². The van der Waals surface area contributed by atoms with E-state index in [9.17, 15) is 19.2 Å². The molecule has 3 aromatic rings. The lowest BCUT2D eigenvalue weighted by molar-refractivity contribution is -0.136. The fraction of sp³-hybridized carbons (Fsp3) is 0.312. The van der Waals surface area contributed by atoms with E-state index in [1.54, 1.807) is 0 Å². The van der Waals surface area contributed by atoms with E-state index in [4.69, 9.17) is 0 Å². The number of fused-ring (bicyclic) bond motifs is 3. The molecule has 4 aliphatic heterocycles. The highest BCUT2D eigenvalue weighted by molar-refractivity contribution is 6.23. The zero-order valence-electron chi connectivity index (χ0n) is 22.3. The third-order valence-electron chi connectivity index (χ3n) is 8.89. The van der Waals surface area contributed by atoms with Gasteiger partial charge in [-0.2, -0.15) is 0 Å². The number of carbonyl (C=O) groups is 4.